The fourth-order valence-electron chi connectivity index (χ4n) is 2.84. The number of phenolic OH excluding ortho intramolecular Hbond substituents is 1. The van der Waals surface area contributed by atoms with E-state index in [1.165, 1.54) is 21.4 Å². The molecule has 0 amide bonds. The summed E-state index contributed by atoms with van der Waals surface area (Å²) in [6.45, 7) is 2.11. The first kappa shape index (κ1) is 13.2. The third kappa shape index (κ3) is 2.11. The Labute approximate surface area is 132 Å². The number of benzene rings is 2. The second kappa shape index (κ2) is 5.04. The number of aryl methyl sites for hydroxylation is 1. The van der Waals surface area contributed by atoms with Crippen LogP contribution in [0.2, 0.25) is 0 Å². The van der Waals surface area contributed by atoms with Gasteiger partial charge >= 0.3 is 0 Å². The zero-order chi connectivity index (χ0) is 15.1. The predicted molar refractivity (Wildman–Crippen MR) is 93.4 cm³/mol. The summed E-state index contributed by atoms with van der Waals surface area (Å²) >= 11 is 1.73. The van der Waals surface area contributed by atoms with Gasteiger partial charge in [0.1, 0.15) is 5.75 Å². The average molecular weight is 305 g/mol. The van der Waals surface area contributed by atoms with E-state index in [9.17, 15) is 5.11 Å². The van der Waals surface area contributed by atoms with Crippen LogP contribution in [0, 0.1) is 6.92 Å². The Morgan fingerprint density at radius 2 is 1.82 bits per heavy atom. The number of rotatable bonds is 2. The lowest BCUT2D eigenvalue weighted by atomic mass is 10.00. The number of hydrogen-bond acceptors (Lipinski definition) is 2. The topological polar surface area (TPSA) is 36.0 Å². The van der Waals surface area contributed by atoms with E-state index in [2.05, 4.69) is 47.6 Å². The van der Waals surface area contributed by atoms with Gasteiger partial charge in [-0.1, -0.05) is 29.8 Å². The van der Waals surface area contributed by atoms with Crippen molar-refractivity contribution in [1.29, 1.82) is 0 Å². The number of nitrogens with one attached hydrogen (secondary N) is 1. The van der Waals surface area contributed by atoms with Crippen LogP contribution in [-0.2, 0) is 0 Å². The minimum Gasteiger partial charge on any atom is -0.508 e. The summed E-state index contributed by atoms with van der Waals surface area (Å²) < 4.78 is 0. The van der Waals surface area contributed by atoms with Crippen molar-refractivity contribution in [2.75, 3.05) is 0 Å². The molecule has 3 heteroatoms. The Kier molecular flexibility index (Phi) is 3.01. The summed E-state index contributed by atoms with van der Waals surface area (Å²) in [5.41, 5.74) is 5.82. The average Bonchev–Trinajstić information content (AvgIpc) is 3.15. The lowest BCUT2D eigenvalue weighted by Crippen LogP contribution is -1.80. The van der Waals surface area contributed by atoms with Gasteiger partial charge in [-0.05, 0) is 48.2 Å². The minimum atomic E-state index is 0.289. The molecule has 2 aromatic carbocycles. The van der Waals surface area contributed by atoms with Crippen LogP contribution in [0.25, 0.3) is 32.6 Å². The maximum Gasteiger partial charge on any atom is 0.115 e. The molecule has 2 aromatic heterocycles. The first-order chi connectivity index (χ1) is 10.7. The van der Waals surface area contributed by atoms with Gasteiger partial charge in [0.15, 0.2) is 0 Å². The van der Waals surface area contributed by atoms with Crippen LogP contribution >= 0.6 is 11.3 Å². The Bertz CT molecular complexity index is 934. The summed E-state index contributed by atoms with van der Waals surface area (Å²) in [6.07, 6.45) is 0. The van der Waals surface area contributed by atoms with Crippen molar-refractivity contribution in [3.8, 4) is 27.4 Å². The number of aromatic hydroxyl groups is 1. The van der Waals surface area contributed by atoms with Crippen LogP contribution in [0.3, 0.4) is 0 Å². The standard InChI is InChI=1S/C19H15NOS/c1-12-4-9-16-15(11-12)18(13-5-7-14(21)8-6-13)19(20-16)17-3-2-10-22-17/h2-11,20-21H,1H3. The molecule has 4 aromatic rings. The molecule has 0 saturated carbocycles. The molecule has 0 aliphatic heterocycles. The van der Waals surface area contributed by atoms with Gasteiger partial charge in [0.25, 0.3) is 0 Å². The molecule has 0 radical (unpaired) electrons. The second-order valence-electron chi connectivity index (χ2n) is 5.45. The summed E-state index contributed by atoms with van der Waals surface area (Å²) in [4.78, 5) is 4.77. The van der Waals surface area contributed by atoms with Crippen molar-refractivity contribution in [2.45, 2.75) is 6.92 Å². The molecule has 0 atom stereocenters. The molecule has 4 rings (SSSR count). The van der Waals surface area contributed by atoms with E-state index in [1.54, 1.807) is 23.5 Å². The molecule has 0 spiro atoms. The number of thiophene rings is 1. The molecular formula is C19H15NOS. The fourth-order valence-corrected chi connectivity index (χ4v) is 3.57. The van der Waals surface area contributed by atoms with Crippen LogP contribution in [0.5, 0.6) is 5.75 Å². The summed E-state index contributed by atoms with van der Waals surface area (Å²) in [6, 6.07) is 18.1. The monoisotopic (exact) mass is 305 g/mol. The molecule has 0 fully saturated rings. The Morgan fingerprint density at radius 1 is 1.00 bits per heavy atom. The fraction of sp³-hybridized carbons (Fsp3) is 0.0526. The first-order valence-corrected chi connectivity index (χ1v) is 8.06. The largest absolute Gasteiger partial charge is 0.508 e. The van der Waals surface area contributed by atoms with Crippen LogP contribution in [0.1, 0.15) is 5.56 Å². The molecule has 0 saturated heterocycles. The van der Waals surface area contributed by atoms with Crippen LogP contribution in [0.15, 0.2) is 60.0 Å². The van der Waals surface area contributed by atoms with Crippen molar-refractivity contribution < 1.29 is 5.11 Å². The van der Waals surface area contributed by atoms with E-state index in [0.29, 0.717) is 0 Å². The normalized spacial score (nSPS) is 11.1. The van der Waals surface area contributed by atoms with Gasteiger partial charge in [0.2, 0.25) is 0 Å². The molecule has 108 valence electrons. The Balaban J connectivity index is 2.06. The zero-order valence-corrected chi connectivity index (χ0v) is 12.9. The molecule has 0 aliphatic rings. The zero-order valence-electron chi connectivity index (χ0n) is 12.1. The molecular weight excluding hydrogens is 290 g/mol. The van der Waals surface area contributed by atoms with Gasteiger partial charge in [0, 0.05) is 16.5 Å². The van der Waals surface area contributed by atoms with Crippen molar-refractivity contribution in [2.24, 2.45) is 0 Å². The highest BCUT2D eigenvalue weighted by atomic mass is 32.1. The SMILES string of the molecule is Cc1ccc2[nH]c(-c3cccs3)c(-c3ccc(O)cc3)c2c1. The number of fused-ring (bicyclic) bond motifs is 1. The lowest BCUT2D eigenvalue weighted by Gasteiger charge is -2.05. The number of aromatic nitrogens is 1. The maximum absolute atomic E-state index is 9.56. The van der Waals surface area contributed by atoms with E-state index >= 15 is 0 Å². The van der Waals surface area contributed by atoms with E-state index in [-0.39, 0.29) is 5.75 Å². The third-order valence-electron chi connectivity index (χ3n) is 3.88. The number of aromatic amines is 1. The lowest BCUT2D eigenvalue weighted by molar-refractivity contribution is 0.475. The van der Waals surface area contributed by atoms with Gasteiger partial charge in [-0.2, -0.15) is 0 Å². The Hall–Kier alpha value is -2.52. The third-order valence-corrected chi connectivity index (χ3v) is 4.76. The molecule has 2 nitrogen and oxygen atoms in total. The van der Waals surface area contributed by atoms with Crippen molar-refractivity contribution >= 4 is 22.2 Å². The summed E-state index contributed by atoms with van der Waals surface area (Å²) in [7, 11) is 0. The Morgan fingerprint density at radius 3 is 2.55 bits per heavy atom. The number of H-pyrrole nitrogens is 1. The molecule has 0 unspecified atom stereocenters. The highest BCUT2D eigenvalue weighted by Gasteiger charge is 2.15. The first-order valence-electron chi connectivity index (χ1n) is 7.18. The van der Waals surface area contributed by atoms with Crippen LogP contribution < -0.4 is 0 Å². The van der Waals surface area contributed by atoms with E-state index in [4.69, 9.17) is 0 Å². The van der Waals surface area contributed by atoms with Crippen molar-refractivity contribution in [1.82, 2.24) is 4.98 Å². The summed E-state index contributed by atoms with van der Waals surface area (Å²) in [5, 5.41) is 12.9. The molecule has 2 N–H and O–H groups in total. The van der Waals surface area contributed by atoms with Gasteiger partial charge in [-0.3, -0.25) is 0 Å². The molecule has 2 heterocycles. The van der Waals surface area contributed by atoms with Crippen molar-refractivity contribution in [3.63, 3.8) is 0 Å². The highest BCUT2D eigenvalue weighted by molar-refractivity contribution is 7.13. The van der Waals surface area contributed by atoms with E-state index in [1.807, 2.05) is 12.1 Å². The van der Waals surface area contributed by atoms with Crippen molar-refractivity contribution in [3.05, 3.63) is 65.5 Å². The van der Waals surface area contributed by atoms with Crippen LogP contribution in [0.4, 0.5) is 0 Å². The molecule has 0 bridgehead atoms. The van der Waals surface area contributed by atoms with E-state index < -0.39 is 0 Å². The van der Waals surface area contributed by atoms with E-state index in [0.717, 1.165) is 16.8 Å². The summed E-state index contributed by atoms with van der Waals surface area (Å²) in [5.74, 6) is 0.289. The second-order valence-corrected chi connectivity index (χ2v) is 6.40. The number of phenols is 1. The smallest absolute Gasteiger partial charge is 0.115 e. The predicted octanol–water partition coefficient (Wildman–Crippen LogP) is 5.58. The molecule has 0 aliphatic carbocycles. The highest BCUT2D eigenvalue weighted by Crippen LogP contribution is 2.40. The molecule has 22 heavy (non-hydrogen) atoms. The van der Waals surface area contributed by atoms with Gasteiger partial charge in [-0.25, -0.2) is 0 Å². The van der Waals surface area contributed by atoms with Gasteiger partial charge in [0.05, 0.1) is 10.6 Å². The minimum absolute atomic E-state index is 0.289. The van der Waals surface area contributed by atoms with Gasteiger partial charge in [-0.15, -0.1) is 11.3 Å². The van der Waals surface area contributed by atoms with Gasteiger partial charge < -0.3 is 10.1 Å². The number of hydrogen-bond donors (Lipinski definition) is 2. The quantitative estimate of drug-likeness (QED) is 0.498. The van der Waals surface area contributed by atoms with Crippen LogP contribution in [-0.4, -0.2) is 10.1 Å². The maximum atomic E-state index is 9.56.